The molecule has 0 radical (unpaired) electrons. The smallest absolute Gasteiger partial charge is 0.459 e. The molecule has 0 atom stereocenters. The molecule has 3 aromatic rings. The largest absolute Gasteiger partial charge is 0.490 e. The maximum atomic E-state index is 12.2. The maximum Gasteiger partial charge on any atom is 0.490 e. The molecule has 10 heteroatoms. The number of alkyl halides is 3. The predicted octanol–water partition coefficient (Wildman–Crippen LogP) is 3.66. The van der Waals surface area contributed by atoms with E-state index in [0.29, 0.717) is 12.8 Å². The Kier molecular flexibility index (Phi) is 4.78. The number of halogens is 3. The zero-order valence-corrected chi connectivity index (χ0v) is 14.8. The lowest BCUT2D eigenvalue weighted by molar-refractivity contribution is -0.201. The first kappa shape index (κ1) is 18.5. The molecule has 148 valence electrons. The molecule has 0 saturated heterocycles. The van der Waals surface area contributed by atoms with E-state index in [1.165, 1.54) is 6.33 Å². The summed E-state index contributed by atoms with van der Waals surface area (Å²) >= 11 is 0. The number of H-pyrrole nitrogens is 1. The molecular formula is C18H18F3N5O2. The van der Waals surface area contributed by atoms with Crippen molar-refractivity contribution in [1.82, 2.24) is 24.7 Å². The van der Waals surface area contributed by atoms with E-state index >= 15 is 0 Å². The van der Waals surface area contributed by atoms with Crippen LogP contribution in [0.3, 0.4) is 0 Å². The Balaban J connectivity index is 1.37. The van der Waals surface area contributed by atoms with E-state index < -0.39 is 12.1 Å². The highest BCUT2D eigenvalue weighted by Crippen LogP contribution is 2.34. The zero-order chi connectivity index (χ0) is 19.7. The number of hydrogen-bond donors (Lipinski definition) is 1. The summed E-state index contributed by atoms with van der Waals surface area (Å²) in [6, 6.07) is 2.07. The first-order valence-corrected chi connectivity index (χ1v) is 8.98. The van der Waals surface area contributed by atoms with Gasteiger partial charge in [-0.05, 0) is 37.7 Å². The van der Waals surface area contributed by atoms with Gasteiger partial charge in [-0.2, -0.15) is 18.3 Å². The van der Waals surface area contributed by atoms with Crippen molar-refractivity contribution in [2.75, 3.05) is 6.61 Å². The first-order chi connectivity index (χ1) is 13.4. The fourth-order valence-corrected chi connectivity index (χ4v) is 3.61. The standard InChI is InChI=1S/C18H18F3N5O2/c19-18(20,21)17(27)28-9-11-1-3-13(4-2-11)26-8-12(7-25-26)15-14-5-6-22-16(14)24-10-23-15/h5-8,10-11,13H,1-4,9H2,(H,22,23,24). The van der Waals surface area contributed by atoms with Crippen LogP contribution in [0.15, 0.2) is 31.0 Å². The average Bonchev–Trinajstić information content (AvgIpc) is 3.35. The van der Waals surface area contributed by atoms with Crippen LogP contribution in [0.5, 0.6) is 0 Å². The van der Waals surface area contributed by atoms with Gasteiger partial charge in [0.25, 0.3) is 0 Å². The lowest BCUT2D eigenvalue weighted by Crippen LogP contribution is -2.29. The zero-order valence-electron chi connectivity index (χ0n) is 14.8. The number of ether oxygens (including phenoxy) is 1. The minimum Gasteiger partial charge on any atom is -0.459 e. The molecule has 0 unspecified atom stereocenters. The summed E-state index contributed by atoms with van der Waals surface area (Å²) in [5.74, 6) is -2.17. The fourth-order valence-electron chi connectivity index (χ4n) is 3.61. The van der Waals surface area contributed by atoms with Crippen molar-refractivity contribution in [3.8, 4) is 11.3 Å². The van der Waals surface area contributed by atoms with E-state index in [0.717, 1.165) is 35.1 Å². The van der Waals surface area contributed by atoms with Crippen molar-refractivity contribution in [2.45, 2.75) is 37.9 Å². The van der Waals surface area contributed by atoms with Crippen molar-refractivity contribution >= 4 is 17.0 Å². The van der Waals surface area contributed by atoms with Gasteiger partial charge >= 0.3 is 12.1 Å². The van der Waals surface area contributed by atoms with Gasteiger partial charge in [0.2, 0.25) is 0 Å². The molecule has 28 heavy (non-hydrogen) atoms. The molecule has 0 aromatic carbocycles. The van der Waals surface area contributed by atoms with E-state index in [9.17, 15) is 18.0 Å². The minimum absolute atomic E-state index is 0.0565. The molecule has 1 saturated carbocycles. The van der Waals surface area contributed by atoms with E-state index in [2.05, 4.69) is 24.8 Å². The Labute approximate surface area is 157 Å². The number of hydrogen-bond acceptors (Lipinski definition) is 5. The van der Waals surface area contributed by atoms with Gasteiger partial charge in [0.1, 0.15) is 12.0 Å². The Morgan fingerprint density at radius 3 is 2.79 bits per heavy atom. The summed E-state index contributed by atoms with van der Waals surface area (Å²) in [4.78, 5) is 22.4. The van der Waals surface area contributed by atoms with Gasteiger partial charge in [-0.3, -0.25) is 4.68 Å². The van der Waals surface area contributed by atoms with Crippen LogP contribution in [0.2, 0.25) is 0 Å². The third-order valence-corrected chi connectivity index (χ3v) is 5.10. The summed E-state index contributed by atoms with van der Waals surface area (Å²) in [5, 5.41) is 5.37. The summed E-state index contributed by atoms with van der Waals surface area (Å²) in [7, 11) is 0. The number of nitrogens with one attached hydrogen (secondary N) is 1. The summed E-state index contributed by atoms with van der Waals surface area (Å²) < 4.78 is 42.9. The number of nitrogens with zero attached hydrogens (tertiary/aromatic N) is 4. The number of carbonyl (C=O) groups is 1. The minimum atomic E-state index is -4.94. The molecule has 3 heterocycles. The van der Waals surface area contributed by atoms with Crippen LogP contribution < -0.4 is 0 Å². The lowest BCUT2D eigenvalue weighted by atomic mass is 9.86. The fraction of sp³-hybridized carbons (Fsp3) is 0.444. The average molecular weight is 393 g/mol. The van der Waals surface area contributed by atoms with Crippen LogP contribution in [0, 0.1) is 5.92 Å². The quantitative estimate of drug-likeness (QED) is 0.684. The van der Waals surface area contributed by atoms with Crippen LogP contribution >= 0.6 is 0 Å². The van der Waals surface area contributed by atoms with Crippen molar-refractivity contribution in [1.29, 1.82) is 0 Å². The Morgan fingerprint density at radius 2 is 2.04 bits per heavy atom. The monoisotopic (exact) mass is 393 g/mol. The molecule has 1 aliphatic rings. The van der Waals surface area contributed by atoms with Crippen LogP contribution in [0.4, 0.5) is 13.2 Å². The van der Waals surface area contributed by atoms with Crippen molar-refractivity contribution in [3.05, 3.63) is 31.0 Å². The van der Waals surface area contributed by atoms with Gasteiger partial charge < -0.3 is 9.72 Å². The number of carbonyl (C=O) groups excluding carboxylic acids is 1. The molecule has 1 N–H and O–H groups in total. The van der Waals surface area contributed by atoms with E-state index in [1.807, 2.05) is 16.9 Å². The molecule has 3 aromatic heterocycles. The van der Waals surface area contributed by atoms with Gasteiger partial charge in [-0.15, -0.1) is 0 Å². The van der Waals surface area contributed by atoms with Crippen molar-refractivity contribution in [2.24, 2.45) is 5.92 Å². The second-order valence-corrected chi connectivity index (χ2v) is 6.94. The highest BCUT2D eigenvalue weighted by Gasteiger charge is 2.41. The molecule has 1 aliphatic carbocycles. The molecule has 0 amide bonds. The van der Waals surface area contributed by atoms with Gasteiger partial charge in [0.05, 0.1) is 24.5 Å². The Hall–Kier alpha value is -2.91. The summed E-state index contributed by atoms with van der Waals surface area (Å²) in [6.07, 6.45) is 4.95. The molecule has 0 bridgehead atoms. The summed E-state index contributed by atoms with van der Waals surface area (Å²) in [5.41, 5.74) is 2.44. The highest BCUT2D eigenvalue weighted by atomic mass is 19.4. The lowest BCUT2D eigenvalue weighted by Gasteiger charge is -2.28. The Bertz CT molecular complexity index is 973. The second-order valence-electron chi connectivity index (χ2n) is 6.94. The second kappa shape index (κ2) is 7.25. The van der Waals surface area contributed by atoms with Gasteiger partial charge in [0, 0.05) is 23.3 Å². The highest BCUT2D eigenvalue weighted by molar-refractivity contribution is 5.89. The molecule has 7 nitrogen and oxygen atoms in total. The first-order valence-electron chi connectivity index (χ1n) is 8.98. The number of aromatic nitrogens is 5. The van der Waals surface area contributed by atoms with E-state index in [-0.39, 0.29) is 18.6 Å². The van der Waals surface area contributed by atoms with Crippen molar-refractivity contribution < 1.29 is 22.7 Å². The number of aromatic amines is 1. The van der Waals surface area contributed by atoms with E-state index in [4.69, 9.17) is 0 Å². The number of fused-ring (bicyclic) bond motifs is 1. The third-order valence-electron chi connectivity index (χ3n) is 5.10. The molecule has 4 rings (SSSR count). The molecule has 0 spiro atoms. The third kappa shape index (κ3) is 3.71. The normalized spacial score (nSPS) is 20.4. The number of esters is 1. The van der Waals surface area contributed by atoms with Crippen LogP contribution in [-0.4, -0.2) is 43.5 Å². The van der Waals surface area contributed by atoms with Crippen molar-refractivity contribution in [3.63, 3.8) is 0 Å². The van der Waals surface area contributed by atoms with Crippen LogP contribution in [-0.2, 0) is 9.53 Å². The van der Waals surface area contributed by atoms with Crippen LogP contribution in [0.25, 0.3) is 22.3 Å². The predicted molar refractivity (Wildman–Crippen MR) is 93.1 cm³/mol. The van der Waals surface area contributed by atoms with Gasteiger partial charge in [-0.1, -0.05) is 0 Å². The molecule has 0 aliphatic heterocycles. The van der Waals surface area contributed by atoms with E-state index in [1.54, 1.807) is 12.4 Å². The topological polar surface area (TPSA) is 85.7 Å². The Morgan fingerprint density at radius 1 is 1.25 bits per heavy atom. The SMILES string of the molecule is O=C(OCC1CCC(n2cc(-c3ncnc4[nH]ccc34)cn2)CC1)C(F)(F)F. The van der Waals surface area contributed by atoms with Crippen LogP contribution in [0.1, 0.15) is 31.7 Å². The molecule has 1 fully saturated rings. The maximum absolute atomic E-state index is 12.2. The van der Waals surface area contributed by atoms with Gasteiger partial charge in [0.15, 0.2) is 0 Å². The van der Waals surface area contributed by atoms with Gasteiger partial charge in [-0.25, -0.2) is 14.8 Å². The molecular weight excluding hydrogens is 375 g/mol. The number of rotatable bonds is 4. The summed E-state index contributed by atoms with van der Waals surface area (Å²) in [6.45, 7) is -0.193.